The van der Waals surface area contributed by atoms with Crippen LogP contribution < -0.4 is 11.1 Å². The number of carbonyl (C=O) groups is 1. The predicted octanol–water partition coefficient (Wildman–Crippen LogP) is 1.39. The Morgan fingerprint density at radius 2 is 2.13 bits per heavy atom. The van der Waals surface area contributed by atoms with Gasteiger partial charge >= 0.3 is 6.03 Å². The molecule has 0 bridgehead atoms. The zero-order valence-corrected chi connectivity index (χ0v) is 13.7. The maximum Gasteiger partial charge on any atom is 0.321 e. The van der Waals surface area contributed by atoms with E-state index in [1.165, 1.54) is 0 Å². The number of carbonyl (C=O) groups excluding carboxylic acids is 1. The fourth-order valence-electron chi connectivity index (χ4n) is 2.89. The molecule has 0 aromatic carbocycles. The normalized spacial score (nSPS) is 20.8. The molecule has 0 spiro atoms. The van der Waals surface area contributed by atoms with Crippen LogP contribution in [-0.4, -0.2) is 44.6 Å². The number of amides is 2. The van der Waals surface area contributed by atoms with Gasteiger partial charge in [-0.25, -0.2) is 9.78 Å². The number of pyridine rings is 1. The molecule has 2 aromatic rings. The van der Waals surface area contributed by atoms with Crippen molar-refractivity contribution in [2.45, 2.75) is 25.8 Å². The van der Waals surface area contributed by atoms with Crippen molar-refractivity contribution < 1.29 is 4.79 Å². The van der Waals surface area contributed by atoms with E-state index in [9.17, 15) is 4.79 Å². The fourth-order valence-corrected chi connectivity index (χ4v) is 2.89. The van der Waals surface area contributed by atoms with Gasteiger partial charge in [-0.3, -0.25) is 4.98 Å². The van der Waals surface area contributed by atoms with E-state index >= 15 is 0 Å². The van der Waals surface area contributed by atoms with Gasteiger partial charge in [-0.05, 0) is 25.5 Å². The Balaban J connectivity index is 1.70. The molecule has 2 aromatic heterocycles. The SMILES string of the molecule is Cc1cc(NC(=O)N2C[C@@H](N)[C@H](c3cn(C)cn3)C2)c(C)cn1. The van der Waals surface area contributed by atoms with Crippen LogP contribution in [0.15, 0.2) is 24.8 Å². The minimum atomic E-state index is -0.132. The van der Waals surface area contributed by atoms with E-state index in [0.29, 0.717) is 13.1 Å². The number of hydrogen-bond acceptors (Lipinski definition) is 4. The standard InChI is InChI=1S/C16H22N6O/c1-10-5-18-11(2)4-14(10)20-16(23)22-6-12(13(17)7-22)15-8-21(3)9-19-15/h4-5,8-9,12-13H,6-7,17H2,1-3H3,(H,18,20,23)/t12-,13-/m1/s1. The molecule has 1 aliphatic heterocycles. The molecule has 0 unspecified atom stereocenters. The van der Waals surface area contributed by atoms with Crippen LogP contribution in [0.25, 0.3) is 0 Å². The number of imidazole rings is 1. The van der Waals surface area contributed by atoms with Gasteiger partial charge < -0.3 is 20.5 Å². The van der Waals surface area contributed by atoms with Crippen molar-refractivity contribution >= 4 is 11.7 Å². The van der Waals surface area contributed by atoms with Crippen LogP contribution in [0.4, 0.5) is 10.5 Å². The first-order chi connectivity index (χ1) is 10.9. The molecule has 1 saturated heterocycles. The summed E-state index contributed by atoms with van der Waals surface area (Å²) in [4.78, 5) is 22.9. The average molecular weight is 314 g/mol. The summed E-state index contributed by atoms with van der Waals surface area (Å²) in [7, 11) is 1.93. The third-order valence-corrected chi connectivity index (χ3v) is 4.24. The molecule has 3 rings (SSSR count). The van der Waals surface area contributed by atoms with E-state index in [4.69, 9.17) is 5.73 Å². The second-order valence-corrected chi connectivity index (χ2v) is 6.21. The third kappa shape index (κ3) is 3.19. The molecule has 3 N–H and O–H groups in total. The lowest BCUT2D eigenvalue weighted by Gasteiger charge is -2.18. The van der Waals surface area contributed by atoms with Crippen molar-refractivity contribution in [1.82, 2.24) is 19.4 Å². The minimum Gasteiger partial charge on any atom is -0.340 e. The first kappa shape index (κ1) is 15.5. The van der Waals surface area contributed by atoms with E-state index in [-0.39, 0.29) is 18.0 Å². The second kappa shape index (κ2) is 6.00. The average Bonchev–Trinajstić information content (AvgIpc) is 3.09. The number of urea groups is 1. The van der Waals surface area contributed by atoms with Crippen LogP contribution in [0.2, 0.25) is 0 Å². The molecule has 7 heteroatoms. The van der Waals surface area contributed by atoms with Crippen LogP contribution in [0, 0.1) is 13.8 Å². The Morgan fingerprint density at radius 3 is 2.83 bits per heavy atom. The predicted molar refractivity (Wildman–Crippen MR) is 88.2 cm³/mol. The molecule has 2 amide bonds. The molecule has 0 saturated carbocycles. The first-order valence-electron chi connectivity index (χ1n) is 7.66. The number of aromatic nitrogens is 3. The molecule has 7 nitrogen and oxygen atoms in total. The van der Waals surface area contributed by atoms with Gasteiger partial charge in [-0.15, -0.1) is 0 Å². The Kier molecular flexibility index (Phi) is 4.04. The number of likely N-dealkylation sites (tertiary alicyclic amines) is 1. The van der Waals surface area contributed by atoms with Crippen molar-refractivity contribution in [2.24, 2.45) is 12.8 Å². The number of nitrogens with two attached hydrogens (primary N) is 1. The van der Waals surface area contributed by atoms with E-state index < -0.39 is 0 Å². The lowest BCUT2D eigenvalue weighted by atomic mass is 10.0. The molecule has 3 heterocycles. The summed E-state index contributed by atoms with van der Waals surface area (Å²) in [5, 5.41) is 2.96. The van der Waals surface area contributed by atoms with Crippen molar-refractivity contribution in [3.63, 3.8) is 0 Å². The van der Waals surface area contributed by atoms with Gasteiger partial charge in [-0.2, -0.15) is 0 Å². The number of hydrogen-bond donors (Lipinski definition) is 2. The highest BCUT2D eigenvalue weighted by molar-refractivity contribution is 5.90. The highest BCUT2D eigenvalue weighted by Gasteiger charge is 2.35. The van der Waals surface area contributed by atoms with Crippen LogP contribution in [0.5, 0.6) is 0 Å². The van der Waals surface area contributed by atoms with Crippen molar-refractivity contribution in [1.29, 1.82) is 0 Å². The van der Waals surface area contributed by atoms with Gasteiger partial charge in [0.2, 0.25) is 0 Å². The van der Waals surface area contributed by atoms with E-state index in [0.717, 1.165) is 22.6 Å². The van der Waals surface area contributed by atoms with E-state index in [1.807, 2.05) is 37.7 Å². The smallest absolute Gasteiger partial charge is 0.321 e. The second-order valence-electron chi connectivity index (χ2n) is 6.21. The maximum absolute atomic E-state index is 12.5. The summed E-state index contributed by atoms with van der Waals surface area (Å²) in [6, 6.07) is 1.64. The number of nitrogens with one attached hydrogen (secondary N) is 1. The van der Waals surface area contributed by atoms with Crippen molar-refractivity contribution in [2.75, 3.05) is 18.4 Å². The molecule has 0 aliphatic carbocycles. The topological polar surface area (TPSA) is 89.1 Å². The van der Waals surface area contributed by atoms with Crippen molar-refractivity contribution in [3.8, 4) is 0 Å². The van der Waals surface area contributed by atoms with Gasteiger partial charge in [0.25, 0.3) is 0 Å². The number of anilines is 1. The van der Waals surface area contributed by atoms with Gasteiger partial charge in [0, 0.05) is 55.9 Å². The Morgan fingerprint density at radius 1 is 1.35 bits per heavy atom. The van der Waals surface area contributed by atoms with Crippen LogP contribution in [0.1, 0.15) is 22.9 Å². The summed E-state index contributed by atoms with van der Waals surface area (Å²) in [5.41, 5.74) is 9.75. The molecule has 1 aliphatic rings. The number of aryl methyl sites for hydroxylation is 3. The zero-order valence-electron chi connectivity index (χ0n) is 13.7. The lowest BCUT2D eigenvalue weighted by Crippen LogP contribution is -2.35. The fraction of sp³-hybridized carbons (Fsp3) is 0.438. The van der Waals surface area contributed by atoms with Crippen molar-refractivity contribution in [3.05, 3.63) is 41.7 Å². The molecule has 0 radical (unpaired) electrons. The lowest BCUT2D eigenvalue weighted by molar-refractivity contribution is 0.221. The number of rotatable bonds is 2. The van der Waals surface area contributed by atoms with Gasteiger partial charge in [0.15, 0.2) is 0 Å². The molecule has 122 valence electrons. The molecular formula is C16H22N6O. The summed E-state index contributed by atoms with van der Waals surface area (Å²) in [5.74, 6) is 0.0715. The van der Waals surface area contributed by atoms with Crippen LogP contribution in [0.3, 0.4) is 0 Å². The van der Waals surface area contributed by atoms with E-state index in [2.05, 4.69) is 15.3 Å². The summed E-state index contributed by atoms with van der Waals surface area (Å²) < 4.78 is 1.90. The Bertz CT molecular complexity index is 725. The largest absolute Gasteiger partial charge is 0.340 e. The summed E-state index contributed by atoms with van der Waals surface area (Å²) in [6.07, 6.45) is 5.48. The molecule has 23 heavy (non-hydrogen) atoms. The molecule has 2 atom stereocenters. The summed E-state index contributed by atoms with van der Waals surface area (Å²) in [6.45, 7) is 4.93. The zero-order chi connectivity index (χ0) is 16.6. The minimum absolute atomic E-state index is 0.0715. The monoisotopic (exact) mass is 314 g/mol. The van der Waals surface area contributed by atoms with Crippen LogP contribution >= 0.6 is 0 Å². The third-order valence-electron chi connectivity index (χ3n) is 4.24. The quantitative estimate of drug-likeness (QED) is 0.876. The highest BCUT2D eigenvalue weighted by atomic mass is 16.2. The molecular weight excluding hydrogens is 292 g/mol. The molecule has 1 fully saturated rings. The number of nitrogens with zero attached hydrogens (tertiary/aromatic N) is 4. The Hall–Kier alpha value is -2.41. The first-order valence-corrected chi connectivity index (χ1v) is 7.66. The highest BCUT2D eigenvalue weighted by Crippen LogP contribution is 2.26. The maximum atomic E-state index is 12.5. The Labute approximate surface area is 135 Å². The van der Waals surface area contributed by atoms with Crippen LogP contribution in [-0.2, 0) is 7.05 Å². The van der Waals surface area contributed by atoms with Gasteiger partial charge in [0.05, 0.1) is 12.0 Å². The summed E-state index contributed by atoms with van der Waals surface area (Å²) >= 11 is 0. The van der Waals surface area contributed by atoms with Gasteiger partial charge in [0.1, 0.15) is 0 Å². The van der Waals surface area contributed by atoms with Gasteiger partial charge in [-0.1, -0.05) is 0 Å². The van der Waals surface area contributed by atoms with E-state index in [1.54, 1.807) is 17.4 Å².